The second-order valence-electron chi connectivity index (χ2n) is 23.3. The molecule has 129 heavy (non-hydrogen) atoms. The summed E-state index contributed by atoms with van der Waals surface area (Å²) >= 11 is -1.72. The van der Waals surface area contributed by atoms with E-state index < -0.39 is 168 Å². The molecule has 717 valence electrons. The van der Waals surface area contributed by atoms with E-state index in [0.29, 0.717) is 29.5 Å². The number of ketones is 1. The number of alkyl halides is 12. The number of carboxylic acids is 2. The molecule has 5 aromatic carbocycles. The van der Waals surface area contributed by atoms with Crippen LogP contribution < -0.4 is 97.1 Å². The molecule has 0 unspecified atom stereocenters. The third-order valence-corrected chi connectivity index (χ3v) is 18.5. The number of benzene rings is 5. The van der Waals surface area contributed by atoms with Crippen LogP contribution in [0.2, 0.25) is 18.1 Å². The van der Waals surface area contributed by atoms with Crippen LogP contribution in [0.5, 0.6) is 28.7 Å². The summed E-state index contributed by atoms with van der Waals surface area (Å²) in [5, 5.41) is 46.4. The van der Waals surface area contributed by atoms with Crippen molar-refractivity contribution >= 4 is 146 Å². The van der Waals surface area contributed by atoms with E-state index in [9.17, 15) is 127 Å². The number of carbonyl (C=O) groups is 11. The molecule has 1 aliphatic rings. The van der Waals surface area contributed by atoms with Crippen LogP contribution in [0.25, 0.3) is 0 Å². The molecule has 58 heteroatoms. The number of rotatable bonds is 28. The summed E-state index contributed by atoms with van der Waals surface area (Å²) in [6, 6.07) is 18.2. The topological polar surface area (TPSA) is 508 Å². The molecule has 5 atom stereocenters. The van der Waals surface area contributed by atoms with Crippen molar-refractivity contribution in [1.82, 2.24) is 32.2 Å². The Bertz CT molecular complexity index is 4250. The fourth-order valence-corrected chi connectivity index (χ4v) is 10.5. The quantitative estimate of drug-likeness (QED) is 0.00259. The van der Waals surface area contributed by atoms with Gasteiger partial charge in [0.25, 0.3) is 11.8 Å². The third-order valence-electron chi connectivity index (χ3n) is 15.1. The largest absolute Gasteiger partial charge is 1.00 e. The molecule has 0 aliphatic carbocycles. The maximum atomic E-state index is 13.5. The fraction of sp³-hybridized carbons (Fsp3) is 0.394. The molecule has 1 heterocycles. The molecule has 0 saturated carbocycles. The molecule has 15 N–H and O–H groups in total. The maximum absolute atomic E-state index is 13.5. The number of hydrogen-bond acceptors (Lipinski definition) is 22. The number of ether oxygens (including phenoxy) is 6. The number of hydroxylamine groups is 2. The minimum atomic E-state index is -5.29. The number of methoxy groups -OCH3 is 5. The number of cyclic esters (lactones) is 2. The van der Waals surface area contributed by atoms with Crippen LogP contribution >= 0.6 is 51.9 Å². The molecule has 3 radical (unpaired) electrons. The number of hydrogen-bond donors (Lipinski definition) is 13. The standard InChI is InChI=1S/C13H14F4N2O4.C13H11F4NO5.C13H13F4NO4.C11H15FN2O3.C7H7FO.C6H4F3NO4.C6H16Si.2CO.Al.B.Cl2.3ClH.H3NO.Na.H/c1-23-10-5-3-7(6-8(10)14)2-4-9(11(20)19-22)18-12(21)13(15,16)17;1-23-10-3-2-6(4-7(10)14)9(19)5-8(11(20)21)18-12(22)13(15,16)17;1-22-10-5-3-7(6-8(10)14)2-4-9(11(19)20)18-12(21)13(15,16)17;1-17-10-5-3-7(6-8(10)12)2-4-9(13)11(15)14-16;1-9-7-5-3-2-4-6(7)8;7-6(8,9)5(13)10-2-1-3(11)14-4(2)12;1-4-7(5-2)6-3;2*1-2;;;1-2;;;;1-2;;/h3,5-6,9,22H,2,4H2,1H3,(H,18,21)(H,19,20);2-4,8H,5H2,1H3,(H,18,22)(H,20,21);3,5-6,9H,2,4H2,1H3,(H,18,21)(H,19,20);3,5-6,9,16H,2,4,13H2,1H3,(H,14,15);2-5H,1H3;2H,1H2,(H,10,13);7H,4-6H2,1-3H3;;;;;;3*1H;2H,1H2;;/q;;;;;;;;;+3;;;;;;;+1;-1/p-3/t9-;8-;2*9-;;2-;;;;;;;;;;;;/m0000.0............/s1. The Kier molecular flexibility index (Phi) is 77.4. The van der Waals surface area contributed by atoms with Gasteiger partial charge in [0.05, 0.1) is 48.0 Å². The summed E-state index contributed by atoms with van der Waals surface area (Å²) in [6.07, 6.45) is -22.1. The first-order valence-corrected chi connectivity index (χ1v) is 43.2. The number of aliphatic carboxylic acids is 2. The van der Waals surface area contributed by atoms with Gasteiger partial charge in [-0.3, -0.25) is 48.8 Å². The number of aryl methyl sites for hydroxylation is 3. The van der Waals surface area contributed by atoms with Gasteiger partial charge in [-0.05, 0) is 122 Å². The Morgan fingerprint density at radius 3 is 1.09 bits per heavy atom. The molecule has 1 saturated heterocycles. The van der Waals surface area contributed by atoms with Gasteiger partial charge in [-0.1, -0.05) is 69.2 Å². The first-order chi connectivity index (χ1) is 59.2. The molecule has 0 aromatic heterocycles. The Morgan fingerprint density at radius 1 is 0.512 bits per heavy atom. The van der Waals surface area contributed by atoms with Gasteiger partial charge in [-0.25, -0.2) is 83.3 Å². The zero-order chi connectivity index (χ0) is 100. The van der Waals surface area contributed by atoms with Gasteiger partial charge in [0.2, 0.25) is 0 Å². The number of carboxylic acid groups (broad SMARTS) is 2. The zero-order valence-corrected chi connectivity index (χ0v) is 76.7. The van der Waals surface area contributed by atoms with E-state index in [-0.39, 0.29) is 114 Å². The summed E-state index contributed by atoms with van der Waals surface area (Å²) in [5.41, 5.74) is 9.31. The Morgan fingerprint density at radius 2 is 0.814 bits per heavy atom. The van der Waals surface area contributed by atoms with Gasteiger partial charge in [0.1, 0.15) is 24.2 Å². The average Bonchev–Trinajstić information content (AvgIpc) is 1.40. The molecule has 6 amide bonds. The molecule has 0 spiro atoms. The molecule has 0 bridgehead atoms. The van der Waals surface area contributed by atoms with Gasteiger partial charge in [0.15, 0.2) is 63.6 Å². The second kappa shape index (κ2) is 73.7. The predicted octanol–water partition coefficient (Wildman–Crippen LogP) is 8.03. The van der Waals surface area contributed by atoms with E-state index in [1.54, 1.807) is 24.3 Å². The second-order valence-corrected chi connectivity index (χ2v) is 33.9. The zero-order valence-electron chi connectivity index (χ0n) is 69.6. The van der Waals surface area contributed by atoms with E-state index in [4.69, 9.17) is 85.2 Å². The number of nitrogens with two attached hydrogens (primary N) is 2. The number of nitrogens with one attached hydrogen (secondary N) is 6. The summed E-state index contributed by atoms with van der Waals surface area (Å²) in [5.74, 6) is -17.0. The van der Waals surface area contributed by atoms with Crippen LogP contribution in [0, 0.1) is 42.4 Å². The summed E-state index contributed by atoms with van der Waals surface area (Å²) in [4.78, 5) is 120. The molecule has 32 nitrogen and oxygen atoms in total. The Balaban J connectivity index is -0.000000187. The maximum Gasteiger partial charge on any atom is 1.00 e. The first kappa shape index (κ1) is 135. The molecule has 1 aliphatic heterocycles. The van der Waals surface area contributed by atoms with Crippen molar-refractivity contribution in [3.05, 3.63) is 162 Å². The molecule has 5 aromatic rings. The molecule has 1 fully saturated rings. The van der Waals surface area contributed by atoms with E-state index in [1.165, 1.54) is 128 Å². The number of Topliss-reactive ketones (excluding diaryl/α,β-unsaturated/α-hetero) is 1. The monoisotopic (exact) mass is 2020 g/mol. The van der Waals surface area contributed by atoms with Gasteiger partial charge in [-0.15, -0.1) is 0 Å². The molecular weight excluding hydrogens is 1940 g/mol. The van der Waals surface area contributed by atoms with Crippen LogP contribution in [0.1, 0.15) is 81.4 Å². The van der Waals surface area contributed by atoms with E-state index in [2.05, 4.69) is 75.9 Å². The predicted molar refractivity (Wildman–Crippen MR) is 424 cm³/mol. The smallest absolute Gasteiger partial charge is 1.00 e. The Hall–Kier alpha value is -8.98. The molecular formula is C71H84AlBCl5F17N8NaO24Si. The average molecular weight is 2020 g/mol. The van der Waals surface area contributed by atoms with Gasteiger partial charge < -0.3 is 72.3 Å². The summed E-state index contributed by atoms with van der Waals surface area (Å²) in [7, 11) is 29.4. The summed E-state index contributed by atoms with van der Waals surface area (Å²) < 4.78 is 253. The van der Waals surface area contributed by atoms with Crippen molar-refractivity contribution in [1.29, 1.82) is 0 Å². The first-order valence-electron chi connectivity index (χ1n) is 34.4. The number of halogens is 22. The minimum Gasteiger partial charge on any atom is -1.00 e. The van der Waals surface area contributed by atoms with Crippen molar-refractivity contribution in [2.75, 3.05) is 35.5 Å². The van der Waals surface area contributed by atoms with E-state index in [1.807, 2.05) is 0 Å². The Labute approximate surface area is 777 Å². The number of esters is 2. The van der Waals surface area contributed by atoms with Crippen LogP contribution in [0.3, 0.4) is 0 Å². The van der Waals surface area contributed by atoms with Crippen molar-refractivity contribution in [2.24, 2.45) is 11.6 Å². The number of para-hydroxylation sites is 1. The minimum absolute atomic E-state index is 0. The summed E-state index contributed by atoms with van der Waals surface area (Å²) in [6.45, 7) is 16.0. The number of amides is 6. The van der Waals surface area contributed by atoms with Crippen LogP contribution in [-0.2, 0) is 81.2 Å². The van der Waals surface area contributed by atoms with Gasteiger partial charge in [-0.2, -0.15) is 52.7 Å². The van der Waals surface area contributed by atoms with Crippen LogP contribution in [-0.4, -0.2) is 210 Å². The van der Waals surface area contributed by atoms with Gasteiger partial charge in [0, 0.05) is 50.9 Å². The van der Waals surface area contributed by atoms with E-state index in [0.717, 1.165) is 30.3 Å². The molecule has 6 rings (SSSR count). The third kappa shape index (κ3) is 59.9. The van der Waals surface area contributed by atoms with Crippen LogP contribution in [0.4, 0.5) is 74.6 Å². The van der Waals surface area contributed by atoms with E-state index >= 15 is 0 Å². The normalized spacial score (nSPS) is 12.1. The van der Waals surface area contributed by atoms with Crippen LogP contribution in [0.15, 0.2) is 97.1 Å². The fourth-order valence-electron chi connectivity index (χ4n) is 8.72. The van der Waals surface area contributed by atoms with Crippen molar-refractivity contribution in [3.63, 3.8) is 0 Å². The van der Waals surface area contributed by atoms with Crippen molar-refractivity contribution in [2.45, 2.75) is 145 Å². The van der Waals surface area contributed by atoms with Gasteiger partial charge >= 0.3 is 136 Å². The SMILES string of the molecule is CC[SiH](CC)CC.COc1ccc(C(=O)C[C@H](NC(=O)C(F)(F)F)C(=O)O)cc1F.COc1ccc(CC[C@H](N)C(=O)NO)cc1F.COc1ccc(CC[C@H](NC(=O)C(F)(F)F)C(=O)NO)cc1F.COc1ccc(CC[C@H](NC(=O)C(F)(F)F)C(=O)O)cc1F.COc1ccccc1F.ClCl.NO.O=C1C[C@H](NC(=O)C(F)(F)F)C(=O)O1.[B].[C-]#[O+].[C-]#[O+].[Cl][Al]([Cl])[Cl].[H-].[Na+]. The number of carbonyl (C=O) groups excluding carboxylic acids is 9. The van der Waals surface area contributed by atoms with Crippen molar-refractivity contribution < 1.29 is 222 Å². The van der Waals surface area contributed by atoms with Crippen molar-refractivity contribution in [3.8, 4) is 28.7 Å².